The third kappa shape index (κ3) is 3.76. The fourth-order valence-corrected chi connectivity index (χ4v) is 0.635. The molecule has 0 spiro atoms. The largest absolute Gasteiger partial charge is 0.800 e. The Morgan fingerprint density at radius 2 is 2.38 bits per heavy atom. The Bertz CT molecular complexity index is 73.7. The molecule has 5 heteroatoms. The first-order valence-electron chi connectivity index (χ1n) is 2.29. The number of hydrogen-bond acceptors (Lipinski definition) is 4. The van der Waals surface area contributed by atoms with E-state index >= 15 is 0 Å². The lowest BCUT2D eigenvalue weighted by Gasteiger charge is -1.94. The highest BCUT2D eigenvalue weighted by molar-refractivity contribution is 6.25. The van der Waals surface area contributed by atoms with Crippen LogP contribution in [0.15, 0.2) is 0 Å². The van der Waals surface area contributed by atoms with Crippen LogP contribution in [-0.2, 0) is 13.5 Å². The second kappa shape index (κ2) is 4.73. The van der Waals surface area contributed by atoms with Crippen molar-refractivity contribution in [1.29, 1.82) is 0 Å². The lowest BCUT2D eigenvalue weighted by atomic mass is 10.5. The molecule has 0 aromatic rings. The summed E-state index contributed by atoms with van der Waals surface area (Å²) in [7, 11) is -2.59. The molecule has 0 rings (SSSR count). The smallest absolute Gasteiger partial charge is 0.495 e. The Morgan fingerprint density at radius 1 is 1.75 bits per heavy atom. The van der Waals surface area contributed by atoms with Crippen molar-refractivity contribution in [2.24, 2.45) is 0 Å². The first-order chi connectivity index (χ1) is 3.81. The predicted molar refractivity (Wildman–Crippen MR) is 26.4 cm³/mol. The van der Waals surface area contributed by atoms with E-state index in [9.17, 15) is 4.46 Å². The van der Waals surface area contributed by atoms with Crippen molar-refractivity contribution in [3.8, 4) is 0 Å². The van der Waals surface area contributed by atoms with Gasteiger partial charge in [-0.1, -0.05) is 6.92 Å². The van der Waals surface area contributed by atoms with Gasteiger partial charge in [0.2, 0.25) is 0 Å². The van der Waals surface area contributed by atoms with E-state index in [2.05, 4.69) is 9.00 Å². The van der Waals surface area contributed by atoms with Gasteiger partial charge in [0.05, 0.1) is 6.61 Å². The maximum absolute atomic E-state index is 10.1. The molecule has 0 atom stereocenters. The van der Waals surface area contributed by atoms with Crippen LogP contribution in [0.4, 0.5) is 0 Å². The molecule has 0 saturated carbocycles. The molecule has 0 aromatic carbocycles. The molecular formula is C3H8O4Si. The summed E-state index contributed by atoms with van der Waals surface area (Å²) in [5.41, 5.74) is 0. The van der Waals surface area contributed by atoms with Crippen molar-refractivity contribution in [1.82, 2.24) is 0 Å². The third-order valence-electron chi connectivity index (χ3n) is 0.499. The quantitative estimate of drug-likeness (QED) is 0.343. The molecule has 0 amide bonds. The monoisotopic (exact) mass is 136 g/mol. The Kier molecular flexibility index (Phi) is 4.48. The molecule has 0 heterocycles. The molecule has 0 aliphatic carbocycles. The van der Waals surface area contributed by atoms with Crippen LogP contribution in [0.3, 0.4) is 0 Å². The van der Waals surface area contributed by atoms with Crippen LogP contribution in [-0.4, -0.2) is 21.0 Å². The second-order valence-corrected chi connectivity index (χ2v) is 2.16. The summed E-state index contributed by atoms with van der Waals surface area (Å²) in [4.78, 5) is 0. The molecule has 0 bridgehead atoms. The SMILES string of the molecule is CCCO[Si](=O)OO. The fraction of sp³-hybridized carbons (Fsp3) is 1.00. The molecule has 0 fully saturated rings. The summed E-state index contributed by atoms with van der Waals surface area (Å²) in [5, 5.41) is 7.67. The normalized spacial score (nSPS) is 8.25. The van der Waals surface area contributed by atoms with Crippen LogP contribution in [0.1, 0.15) is 13.3 Å². The van der Waals surface area contributed by atoms with E-state index in [4.69, 9.17) is 5.26 Å². The summed E-state index contributed by atoms with van der Waals surface area (Å²) >= 11 is 0. The molecule has 0 saturated heterocycles. The van der Waals surface area contributed by atoms with E-state index in [-0.39, 0.29) is 0 Å². The molecule has 8 heavy (non-hydrogen) atoms. The van der Waals surface area contributed by atoms with Crippen LogP contribution < -0.4 is 0 Å². The van der Waals surface area contributed by atoms with Gasteiger partial charge in [-0.05, 0) is 6.42 Å². The zero-order chi connectivity index (χ0) is 6.41. The predicted octanol–water partition coefficient (Wildman–Crippen LogP) is 0.318. The average molecular weight is 136 g/mol. The van der Waals surface area contributed by atoms with Gasteiger partial charge < -0.3 is 9.00 Å². The third-order valence-corrected chi connectivity index (χ3v) is 1.09. The molecule has 4 nitrogen and oxygen atoms in total. The zero-order valence-electron chi connectivity index (χ0n) is 4.59. The first-order valence-corrected chi connectivity index (χ1v) is 3.52. The average Bonchev–Trinajstić information content (AvgIpc) is 1.83. The van der Waals surface area contributed by atoms with Gasteiger partial charge in [0.15, 0.2) is 0 Å². The van der Waals surface area contributed by atoms with Crippen LogP contribution in [0, 0.1) is 0 Å². The highest BCUT2D eigenvalue weighted by Gasteiger charge is 2.07. The fourth-order valence-electron chi connectivity index (χ4n) is 0.212. The minimum Gasteiger partial charge on any atom is -0.495 e. The lowest BCUT2D eigenvalue weighted by molar-refractivity contribution is -0.166. The van der Waals surface area contributed by atoms with Crippen LogP contribution in [0.2, 0.25) is 0 Å². The van der Waals surface area contributed by atoms with Crippen LogP contribution >= 0.6 is 0 Å². The topological polar surface area (TPSA) is 55.8 Å². The van der Waals surface area contributed by atoms with Gasteiger partial charge in [0.25, 0.3) is 0 Å². The Hall–Kier alpha value is -0.423. The van der Waals surface area contributed by atoms with Gasteiger partial charge in [0.1, 0.15) is 0 Å². The van der Waals surface area contributed by atoms with Gasteiger partial charge in [-0.15, -0.1) is 0 Å². The molecule has 48 valence electrons. The minimum absolute atomic E-state index is 0.359. The summed E-state index contributed by atoms with van der Waals surface area (Å²) in [6, 6.07) is 0. The van der Waals surface area contributed by atoms with E-state index < -0.39 is 9.17 Å². The summed E-state index contributed by atoms with van der Waals surface area (Å²) < 4.78 is 17.9. The van der Waals surface area contributed by atoms with E-state index in [1.54, 1.807) is 0 Å². The molecular weight excluding hydrogens is 128 g/mol. The van der Waals surface area contributed by atoms with E-state index in [0.717, 1.165) is 6.42 Å². The highest BCUT2D eigenvalue weighted by Crippen LogP contribution is 1.78. The highest BCUT2D eigenvalue weighted by atomic mass is 28.3. The van der Waals surface area contributed by atoms with Crippen LogP contribution in [0.25, 0.3) is 0 Å². The van der Waals surface area contributed by atoms with Crippen LogP contribution in [0.5, 0.6) is 0 Å². The Morgan fingerprint density at radius 3 is 2.75 bits per heavy atom. The van der Waals surface area contributed by atoms with Gasteiger partial charge in [-0.2, -0.15) is 0 Å². The maximum atomic E-state index is 10.1. The molecule has 0 aromatic heterocycles. The van der Waals surface area contributed by atoms with Crippen molar-refractivity contribution < 1.29 is 18.7 Å². The first kappa shape index (κ1) is 7.58. The molecule has 0 unspecified atom stereocenters. The van der Waals surface area contributed by atoms with E-state index in [0.29, 0.717) is 6.61 Å². The van der Waals surface area contributed by atoms with Crippen molar-refractivity contribution in [3.63, 3.8) is 0 Å². The van der Waals surface area contributed by atoms with Crippen molar-refractivity contribution in [2.45, 2.75) is 13.3 Å². The Labute approximate surface area is 48.9 Å². The standard InChI is InChI=1S/C3H8O4Si/c1-2-3-6-8(5)7-4/h4H,2-3H2,1H3. The lowest BCUT2D eigenvalue weighted by Crippen LogP contribution is -2.09. The van der Waals surface area contributed by atoms with Crippen molar-refractivity contribution >= 4 is 9.17 Å². The zero-order valence-corrected chi connectivity index (χ0v) is 5.59. The number of hydrogen-bond donors (Lipinski definition) is 1. The summed E-state index contributed by atoms with van der Waals surface area (Å²) in [5.74, 6) is 0. The van der Waals surface area contributed by atoms with Gasteiger partial charge >= 0.3 is 9.17 Å². The molecule has 0 aliphatic heterocycles. The summed E-state index contributed by atoms with van der Waals surface area (Å²) in [6.07, 6.45) is 0.764. The minimum atomic E-state index is -2.59. The molecule has 0 radical (unpaired) electrons. The van der Waals surface area contributed by atoms with Gasteiger partial charge in [0, 0.05) is 0 Å². The molecule has 0 aliphatic rings. The van der Waals surface area contributed by atoms with E-state index in [1.165, 1.54) is 0 Å². The van der Waals surface area contributed by atoms with Crippen molar-refractivity contribution in [2.75, 3.05) is 6.61 Å². The van der Waals surface area contributed by atoms with Gasteiger partial charge in [-0.3, -0.25) is 4.46 Å². The summed E-state index contributed by atoms with van der Waals surface area (Å²) in [6.45, 7) is 2.23. The number of rotatable bonds is 4. The Balaban J connectivity index is 2.99. The second-order valence-electron chi connectivity index (χ2n) is 1.19. The van der Waals surface area contributed by atoms with Crippen molar-refractivity contribution in [3.05, 3.63) is 0 Å². The molecule has 1 N–H and O–H groups in total. The van der Waals surface area contributed by atoms with E-state index in [1.807, 2.05) is 6.92 Å². The maximum Gasteiger partial charge on any atom is 0.800 e. The van der Waals surface area contributed by atoms with Gasteiger partial charge in [-0.25, -0.2) is 5.26 Å².